The van der Waals surface area contributed by atoms with Crippen molar-refractivity contribution in [1.29, 1.82) is 0 Å². The highest BCUT2D eigenvalue weighted by atomic mass is 35.5. The summed E-state index contributed by atoms with van der Waals surface area (Å²) in [7, 11) is 0. The molecule has 0 bridgehead atoms. The Morgan fingerprint density at radius 2 is 1.97 bits per heavy atom. The molecule has 0 saturated carbocycles. The molecule has 1 aromatic heterocycles. The van der Waals surface area contributed by atoms with Crippen LogP contribution in [-0.4, -0.2) is 54.7 Å². The van der Waals surface area contributed by atoms with E-state index in [0.717, 1.165) is 60.4 Å². The molecule has 3 N–H and O–H groups in total. The molecular formula is C24H27ClN4O2. The number of halogens is 1. The summed E-state index contributed by atoms with van der Waals surface area (Å²) in [6.45, 7) is 4.18. The van der Waals surface area contributed by atoms with Gasteiger partial charge in [0.1, 0.15) is 0 Å². The van der Waals surface area contributed by atoms with Gasteiger partial charge >= 0.3 is 0 Å². The van der Waals surface area contributed by atoms with Gasteiger partial charge in [0.05, 0.1) is 23.4 Å². The molecule has 2 aromatic carbocycles. The molecule has 31 heavy (non-hydrogen) atoms. The maximum Gasteiger partial charge on any atom is 0.234 e. The summed E-state index contributed by atoms with van der Waals surface area (Å²) in [4.78, 5) is 17.8. The number of H-pyrrole nitrogens is 1. The molecule has 162 valence electrons. The van der Waals surface area contributed by atoms with Crippen molar-refractivity contribution in [3.8, 4) is 11.3 Å². The summed E-state index contributed by atoms with van der Waals surface area (Å²) < 4.78 is 5.51. The molecule has 0 radical (unpaired) electrons. The number of piperazine rings is 1. The predicted octanol–water partition coefficient (Wildman–Crippen LogP) is 4.01. The molecule has 2 saturated heterocycles. The number of benzene rings is 2. The maximum absolute atomic E-state index is 11.9. The van der Waals surface area contributed by atoms with Crippen LogP contribution in [0.25, 0.3) is 22.2 Å². The zero-order valence-corrected chi connectivity index (χ0v) is 18.2. The van der Waals surface area contributed by atoms with Crippen LogP contribution in [0.15, 0.2) is 42.5 Å². The fourth-order valence-corrected chi connectivity index (χ4v) is 4.77. The lowest BCUT2D eigenvalue weighted by atomic mass is 10.0. The number of ether oxygens (including phenoxy) is 1. The van der Waals surface area contributed by atoms with E-state index < -0.39 is 0 Å². The van der Waals surface area contributed by atoms with Crippen molar-refractivity contribution in [2.24, 2.45) is 0 Å². The highest BCUT2D eigenvalue weighted by molar-refractivity contribution is 6.32. The first-order chi connectivity index (χ1) is 15.2. The molecule has 5 rings (SSSR count). The SMILES string of the molecule is O=C1CN(Cc2c(-c3ccccc3)[nH]c3c(NC4CCOCC4)cc(Cl)cc23)CCN1. The number of nitrogens with one attached hydrogen (secondary N) is 3. The smallest absolute Gasteiger partial charge is 0.234 e. The van der Waals surface area contributed by atoms with Crippen molar-refractivity contribution in [3.63, 3.8) is 0 Å². The molecular weight excluding hydrogens is 412 g/mol. The zero-order valence-electron chi connectivity index (χ0n) is 17.4. The number of hydrogen-bond acceptors (Lipinski definition) is 4. The molecule has 2 aliphatic heterocycles. The molecule has 0 aliphatic carbocycles. The molecule has 3 heterocycles. The van der Waals surface area contributed by atoms with Gasteiger partial charge < -0.3 is 20.4 Å². The van der Waals surface area contributed by atoms with Gasteiger partial charge in [-0.3, -0.25) is 9.69 Å². The Labute approximate surface area is 186 Å². The zero-order chi connectivity index (χ0) is 21.2. The van der Waals surface area contributed by atoms with Gasteiger partial charge in [-0.1, -0.05) is 41.9 Å². The Morgan fingerprint density at radius 1 is 1.16 bits per heavy atom. The van der Waals surface area contributed by atoms with Crippen molar-refractivity contribution >= 4 is 34.1 Å². The second-order valence-electron chi connectivity index (χ2n) is 8.31. The number of aromatic nitrogens is 1. The summed E-state index contributed by atoms with van der Waals surface area (Å²) in [6, 6.07) is 14.8. The first kappa shape index (κ1) is 20.4. The van der Waals surface area contributed by atoms with Gasteiger partial charge in [0.2, 0.25) is 5.91 Å². The van der Waals surface area contributed by atoms with Crippen LogP contribution in [0.1, 0.15) is 18.4 Å². The number of fused-ring (bicyclic) bond motifs is 1. The highest BCUT2D eigenvalue weighted by Crippen LogP contribution is 2.37. The van der Waals surface area contributed by atoms with Gasteiger partial charge in [0, 0.05) is 49.3 Å². The minimum absolute atomic E-state index is 0.0762. The first-order valence-corrected chi connectivity index (χ1v) is 11.3. The Bertz CT molecular complexity index is 1080. The average molecular weight is 439 g/mol. The van der Waals surface area contributed by atoms with Crippen molar-refractivity contribution < 1.29 is 9.53 Å². The quantitative estimate of drug-likeness (QED) is 0.563. The average Bonchev–Trinajstić information content (AvgIpc) is 3.13. The third kappa shape index (κ3) is 4.42. The predicted molar refractivity (Wildman–Crippen MR) is 124 cm³/mol. The Balaban J connectivity index is 1.59. The van der Waals surface area contributed by atoms with Crippen LogP contribution >= 0.6 is 11.6 Å². The molecule has 0 spiro atoms. The standard InChI is InChI=1S/C24H27ClN4O2/c25-17-12-19-20(14-29-9-8-26-22(30)15-29)23(16-4-2-1-3-5-16)28-24(19)21(13-17)27-18-6-10-31-11-7-18/h1-5,12-13,18,27-28H,6-11,14-15H2,(H,26,30). The summed E-state index contributed by atoms with van der Waals surface area (Å²) >= 11 is 6.58. The van der Waals surface area contributed by atoms with E-state index in [0.29, 0.717) is 30.7 Å². The van der Waals surface area contributed by atoms with E-state index >= 15 is 0 Å². The first-order valence-electron chi connectivity index (χ1n) is 10.9. The third-order valence-electron chi connectivity index (χ3n) is 6.12. The number of aromatic amines is 1. The van der Waals surface area contributed by atoms with Crippen LogP contribution in [0.2, 0.25) is 5.02 Å². The van der Waals surface area contributed by atoms with Gasteiger partial charge in [-0.05, 0) is 36.1 Å². The molecule has 7 heteroatoms. The van der Waals surface area contributed by atoms with E-state index in [9.17, 15) is 4.79 Å². The summed E-state index contributed by atoms with van der Waals surface area (Å²) in [5.74, 6) is 0.0762. The molecule has 0 atom stereocenters. The normalized spacial score (nSPS) is 18.3. The highest BCUT2D eigenvalue weighted by Gasteiger charge is 2.23. The van der Waals surface area contributed by atoms with E-state index in [1.54, 1.807) is 0 Å². The van der Waals surface area contributed by atoms with E-state index in [1.807, 2.05) is 30.3 Å². The van der Waals surface area contributed by atoms with Crippen LogP contribution in [0.5, 0.6) is 0 Å². The van der Waals surface area contributed by atoms with E-state index in [4.69, 9.17) is 16.3 Å². The number of carbonyl (C=O) groups excluding carboxylic acids is 1. The number of rotatable bonds is 5. The lowest BCUT2D eigenvalue weighted by molar-refractivity contribution is -0.124. The van der Waals surface area contributed by atoms with Crippen LogP contribution in [-0.2, 0) is 16.1 Å². The van der Waals surface area contributed by atoms with E-state index in [2.05, 4.69) is 32.7 Å². The summed E-state index contributed by atoms with van der Waals surface area (Å²) in [5, 5.41) is 8.41. The number of amides is 1. The van der Waals surface area contributed by atoms with Crippen molar-refractivity contribution in [2.75, 3.05) is 38.2 Å². The number of hydrogen-bond donors (Lipinski definition) is 3. The molecule has 0 unspecified atom stereocenters. The molecule has 2 fully saturated rings. The minimum atomic E-state index is 0.0762. The second-order valence-corrected chi connectivity index (χ2v) is 8.75. The maximum atomic E-state index is 11.9. The van der Waals surface area contributed by atoms with Crippen molar-refractivity contribution in [2.45, 2.75) is 25.4 Å². The molecule has 2 aliphatic rings. The molecule has 3 aromatic rings. The number of nitrogens with zero attached hydrogens (tertiary/aromatic N) is 1. The minimum Gasteiger partial charge on any atom is -0.381 e. The summed E-state index contributed by atoms with van der Waals surface area (Å²) in [5.41, 5.74) is 5.47. The van der Waals surface area contributed by atoms with Gasteiger partial charge in [-0.2, -0.15) is 0 Å². The van der Waals surface area contributed by atoms with Gasteiger partial charge in [-0.25, -0.2) is 0 Å². The number of carbonyl (C=O) groups is 1. The topological polar surface area (TPSA) is 69.4 Å². The van der Waals surface area contributed by atoms with Crippen LogP contribution in [0, 0.1) is 0 Å². The van der Waals surface area contributed by atoms with Crippen molar-refractivity contribution in [1.82, 2.24) is 15.2 Å². The largest absolute Gasteiger partial charge is 0.381 e. The molecule has 6 nitrogen and oxygen atoms in total. The monoisotopic (exact) mass is 438 g/mol. The van der Waals surface area contributed by atoms with Gasteiger partial charge in [0.25, 0.3) is 0 Å². The van der Waals surface area contributed by atoms with Crippen LogP contribution < -0.4 is 10.6 Å². The van der Waals surface area contributed by atoms with Crippen LogP contribution in [0.3, 0.4) is 0 Å². The van der Waals surface area contributed by atoms with E-state index in [-0.39, 0.29) is 5.91 Å². The van der Waals surface area contributed by atoms with E-state index in [1.165, 1.54) is 5.56 Å². The Hall–Kier alpha value is -2.54. The lowest BCUT2D eigenvalue weighted by Gasteiger charge is -2.27. The third-order valence-corrected chi connectivity index (χ3v) is 6.34. The summed E-state index contributed by atoms with van der Waals surface area (Å²) in [6.07, 6.45) is 1.96. The number of anilines is 1. The molecule has 1 amide bonds. The van der Waals surface area contributed by atoms with Crippen LogP contribution in [0.4, 0.5) is 5.69 Å². The fourth-order valence-electron chi connectivity index (χ4n) is 4.56. The fraction of sp³-hybridized carbons (Fsp3) is 0.375. The van der Waals surface area contributed by atoms with Crippen molar-refractivity contribution in [3.05, 3.63) is 53.1 Å². The Kier molecular flexibility index (Phi) is 5.85. The van der Waals surface area contributed by atoms with Gasteiger partial charge in [-0.15, -0.1) is 0 Å². The lowest BCUT2D eigenvalue weighted by Crippen LogP contribution is -2.47. The second kappa shape index (κ2) is 8.91. The Morgan fingerprint density at radius 3 is 2.74 bits per heavy atom. The van der Waals surface area contributed by atoms with Gasteiger partial charge in [0.15, 0.2) is 0 Å².